The fraction of sp³-hybridized carbons (Fsp3) is 0.500. The Balaban J connectivity index is 1.47. The number of nitrogens with zero attached hydrogens (tertiary/aromatic N) is 3. The van der Waals surface area contributed by atoms with Gasteiger partial charge in [-0.1, -0.05) is 12.1 Å². The lowest BCUT2D eigenvalue weighted by Crippen LogP contribution is -2.42. The van der Waals surface area contributed by atoms with Gasteiger partial charge in [-0.2, -0.15) is 10.2 Å². The molecule has 0 spiro atoms. The number of likely N-dealkylation sites (tertiary alicyclic amines) is 1. The number of aromatic nitrogens is 2. The zero-order valence-electron chi connectivity index (χ0n) is 14.2. The van der Waals surface area contributed by atoms with E-state index < -0.39 is 0 Å². The number of rotatable bonds is 3. The summed E-state index contributed by atoms with van der Waals surface area (Å²) in [5.74, 6) is 0. The molecule has 2 heterocycles. The van der Waals surface area contributed by atoms with Crippen LogP contribution in [0.25, 0.3) is 11.3 Å². The van der Waals surface area contributed by atoms with Crippen LogP contribution in [0.5, 0.6) is 0 Å². The molecule has 0 radical (unpaired) electrons. The molecular formula is C20H26N4. The number of piperidine rings is 1. The maximum Gasteiger partial charge on any atom is 0.0929 e. The molecule has 1 saturated heterocycles. The summed E-state index contributed by atoms with van der Waals surface area (Å²) in [4.78, 5) is 2.39. The molecule has 1 aromatic carbocycles. The Labute approximate surface area is 144 Å². The Morgan fingerprint density at radius 2 is 1.88 bits per heavy atom. The van der Waals surface area contributed by atoms with Crippen molar-refractivity contribution in [2.45, 2.75) is 51.1 Å². The highest BCUT2D eigenvalue weighted by atomic mass is 15.2. The predicted molar refractivity (Wildman–Crippen MR) is 96.6 cm³/mol. The Morgan fingerprint density at radius 1 is 1.00 bits per heavy atom. The molecule has 0 bridgehead atoms. The second-order valence-corrected chi connectivity index (χ2v) is 7.24. The molecule has 1 aliphatic heterocycles. The third-order valence-corrected chi connectivity index (χ3v) is 5.29. The number of nitrogens with two attached hydrogens (primary N) is 1. The predicted octanol–water partition coefficient (Wildman–Crippen LogP) is 2.95. The van der Waals surface area contributed by atoms with Crippen LogP contribution in [0.3, 0.4) is 0 Å². The zero-order valence-corrected chi connectivity index (χ0v) is 14.2. The molecule has 2 aromatic rings. The van der Waals surface area contributed by atoms with Crippen molar-refractivity contribution in [2.24, 2.45) is 5.73 Å². The second kappa shape index (κ2) is 6.99. The van der Waals surface area contributed by atoms with E-state index in [0.29, 0.717) is 6.04 Å². The Hall–Kier alpha value is -1.78. The van der Waals surface area contributed by atoms with Crippen molar-refractivity contribution in [2.75, 3.05) is 13.1 Å². The largest absolute Gasteiger partial charge is 0.327 e. The quantitative estimate of drug-likeness (QED) is 0.944. The fourth-order valence-corrected chi connectivity index (χ4v) is 3.95. The lowest BCUT2D eigenvalue weighted by atomic mass is 9.90. The van der Waals surface area contributed by atoms with Crippen molar-refractivity contribution in [3.05, 3.63) is 47.2 Å². The van der Waals surface area contributed by atoms with E-state index in [1.165, 1.54) is 48.8 Å². The van der Waals surface area contributed by atoms with Gasteiger partial charge in [0.25, 0.3) is 0 Å². The summed E-state index contributed by atoms with van der Waals surface area (Å²) in [5, 5.41) is 8.93. The number of aryl methyl sites for hydroxylation is 2. The topological polar surface area (TPSA) is 55.0 Å². The molecule has 1 unspecified atom stereocenters. The molecule has 2 N–H and O–H groups in total. The molecule has 1 aromatic heterocycles. The first kappa shape index (κ1) is 15.7. The summed E-state index contributed by atoms with van der Waals surface area (Å²) in [6.45, 7) is 2.93. The average molecular weight is 322 g/mol. The van der Waals surface area contributed by atoms with Gasteiger partial charge in [0.2, 0.25) is 0 Å². The number of hydrogen-bond acceptors (Lipinski definition) is 4. The van der Waals surface area contributed by atoms with Crippen LogP contribution in [0, 0.1) is 0 Å². The van der Waals surface area contributed by atoms with Gasteiger partial charge in [0, 0.05) is 24.7 Å². The van der Waals surface area contributed by atoms with Crippen molar-refractivity contribution in [3.63, 3.8) is 0 Å². The van der Waals surface area contributed by atoms with Gasteiger partial charge in [-0.15, -0.1) is 0 Å². The first-order valence-electron chi connectivity index (χ1n) is 9.21. The van der Waals surface area contributed by atoms with E-state index >= 15 is 0 Å². The average Bonchev–Trinajstić information content (AvgIpc) is 2.62. The number of benzene rings is 1. The minimum atomic E-state index is 0.307. The van der Waals surface area contributed by atoms with Crippen LogP contribution in [-0.2, 0) is 19.4 Å². The molecule has 4 nitrogen and oxygen atoms in total. The van der Waals surface area contributed by atoms with Gasteiger partial charge < -0.3 is 5.73 Å². The van der Waals surface area contributed by atoms with Gasteiger partial charge in [0.15, 0.2) is 0 Å². The second-order valence-electron chi connectivity index (χ2n) is 7.24. The van der Waals surface area contributed by atoms with E-state index in [9.17, 15) is 0 Å². The lowest BCUT2D eigenvalue weighted by Gasteiger charge is -2.30. The summed E-state index contributed by atoms with van der Waals surface area (Å²) < 4.78 is 0. The molecular weight excluding hydrogens is 296 g/mol. The standard InChI is InChI=1S/C20H26N4/c21-18-6-3-11-24(13-18)14-19-9-10-20(23-22-19)17-8-7-15-4-1-2-5-16(15)12-17/h7-10,12,18H,1-6,11,13-14,21H2. The summed E-state index contributed by atoms with van der Waals surface area (Å²) in [6.07, 6.45) is 7.36. The van der Waals surface area contributed by atoms with Gasteiger partial charge in [0.05, 0.1) is 11.4 Å². The molecule has 1 aliphatic carbocycles. The highest BCUT2D eigenvalue weighted by Crippen LogP contribution is 2.26. The lowest BCUT2D eigenvalue weighted by molar-refractivity contribution is 0.199. The van der Waals surface area contributed by atoms with E-state index in [1.807, 2.05) is 0 Å². The minimum Gasteiger partial charge on any atom is -0.327 e. The van der Waals surface area contributed by atoms with Crippen molar-refractivity contribution >= 4 is 0 Å². The highest BCUT2D eigenvalue weighted by Gasteiger charge is 2.17. The van der Waals surface area contributed by atoms with E-state index in [4.69, 9.17) is 5.73 Å². The molecule has 4 heteroatoms. The van der Waals surface area contributed by atoms with Gasteiger partial charge >= 0.3 is 0 Å². The van der Waals surface area contributed by atoms with Crippen molar-refractivity contribution in [1.82, 2.24) is 15.1 Å². The highest BCUT2D eigenvalue weighted by molar-refractivity contribution is 5.60. The van der Waals surface area contributed by atoms with E-state index in [-0.39, 0.29) is 0 Å². The van der Waals surface area contributed by atoms with E-state index in [2.05, 4.69) is 45.4 Å². The first-order valence-corrected chi connectivity index (χ1v) is 9.21. The van der Waals surface area contributed by atoms with Crippen molar-refractivity contribution in [3.8, 4) is 11.3 Å². The van der Waals surface area contributed by atoms with Crippen molar-refractivity contribution in [1.29, 1.82) is 0 Å². The third-order valence-electron chi connectivity index (χ3n) is 5.29. The molecule has 1 fully saturated rings. The van der Waals surface area contributed by atoms with Crippen LogP contribution in [0.4, 0.5) is 0 Å². The van der Waals surface area contributed by atoms with Crippen LogP contribution < -0.4 is 5.73 Å². The van der Waals surface area contributed by atoms with Crippen molar-refractivity contribution < 1.29 is 0 Å². The monoisotopic (exact) mass is 322 g/mol. The maximum atomic E-state index is 6.06. The summed E-state index contributed by atoms with van der Waals surface area (Å²) in [6, 6.07) is 11.3. The third kappa shape index (κ3) is 3.50. The Kier molecular flexibility index (Phi) is 4.58. The van der Waals surface area contributed by atoms with E-state index in [0.717, 1.165) is 37.4 Å². The zero-order chi connectivity index (χ0) is 16.4. The normalized spacial score (nSPS) is 21.5. The minimum absolute atomic E-state index is 0.307. The molecule has 4 rings (SSSR count). The number of fused-ring (bicyclic) bond motifs is 1. The van der Waals surface area contributed by atoms with Crippen LogP contribution in [0.15, 0.2) is 30.3 Å². The van der Waals surface area contributed by atoms with Crippen LogP contribution >= 0.6 is 0 Å². The van der Waals surface area contributed by atoms with Crippen LogP contribution in [-0.4, -0.2) is 34.2 Å². The van der Waals surface area contributed by atoms with Gasteiger partial charge in [0.1, 0.15) is 0 Å². The van der Waals surface area contributed by atoms with Gasteiger partial charge in [-0.3, -0.25) is 4.90 Å². The molecule has 126 valence electrons. The summed E-state index contributed by atoms with van der Waals surface area (Å²) in [7, 11) is 0. The smallest absolute Gasteiger partial charge is 0.0929 e. The summed E-state index contributed by atoms with van der Waals surface area (Å²) in [5.41, 5.74) is 12.3. The number of hydrogen-bond donors (Lipinski definition) is 1. The SMILES string of the molecule is NC1CCCN(Cc2ccc(-c3ccc4c(c3)CCCC4)nn2)C1. The molecule has 24 heavy (non-hydrogen) atoms. The molecule has 0 amide bonds. The van der Waals surface area contributed by atoms with Crippen LogP contribution in [0.2, 0.25) is 0 Å². The Bertz CT molecular complexity index is 695. The van der Waals surface area contributed by atoms with Gasteiger partial charge in [-0.05, 0) is 74.4 Å². The van der Waals surface area contributed by atoms with E-state index in [1.54, 1.807) is 0 Å². The fourth-order valence-electron chi connectivity index (χ4n) is 3.95. The van der Waals surface area contributed by atoms with Crippen LogP contribution in [0.1, 0.15) is 42.5 Å². The van der Waals surface area contributed by atoms with Gasteiger partial charge in [-0.25, -0.2) is 0 Å². The molecule has 1 atom stereocenters. The maximum absolute atomic E-state index is 6.06. The molecule has 0 saturated carbocycles. The molecule has 2 aliphatic rings. The first-order chi connectivity index (χ1) is 11.8. The Morgan fingerprint density at radius 3 is 2.67 bits per heavy atom. The summed E-state index contributed by atoms with van der Waals surface area (Å²) >= 11 is 0.